The van der Waals surface area contributed by atoms with Gasteiger partial charge >= 0.3 is 0 Å². The highest BCUT2D eigenvalue weighted by Crippen LogP contribution is 2.68. The summed E-state index contributed by atoms with van der Waals surface area (Å²) in [5.41, 5.74) is 1.03. The number of aliphatic hydroxyl groups excluding tert-OH is 1. The van der Waals surface area contributed by atoms with Gasteiger partial charge in [-0.3, -0.25) is 0 Å². The van der Waals surface area contributed by atoms with Gasteiger partial charge in [0, 0.05) is 0 Å². The van der Waals surface area contributed by atoms with E-state index >= 15 is 0 Å². The van der Waals surface area contributed by atoms with Crippen LogP contribution in [0.4, 0.5) is 0 Å². The van der Waals surface area contributed by atoms with E-state index in [4.69, 9.17) is 0 Å². The minimum Gasteiger partial charge on any atom is -0.393 e. The Morgan fingerprint density at radius 1 is 0.839 bits per heavy atom. The van der Waals surface area contributed by atoms with Crippen molar-refractivity contribution in [3.63, 3.8) is 0 Å². The van der Waals surface area contributed by atoms with Crippen molar-refractivity contribution >= 4 is 0 Å². The maximum Gasteiger partial charge on any atom is 0.0568 e. The second kappa shape index (κ2) is 8.81. The first kappa shape index (κ1) is 23.8. The van der Waals surface area contributed by atoms with Crippen LogP contribution in [-0.2, 0) is 0 Å². The lowest BCUT2D eigenvalue weighted by Crippen LogP contribution is -2.56. The molecule has 4 rings (SSSR count). The molecule has 0 saturated heterocycles. The summed E-state index contributed by atoms with van der Waals surface area (Å²) in [4.78, 5) is 0. The molecule has 0 aliphatic heterocycles. The van der Waals surface area contributed by atoms with Gasteiger partial charge in [0.2, 0.25) is 0 Å². The van der Waals surface area contributed by atoms with Gasteiger partial charge in [0.15, 0.2) is 0 Å². The Hall–Kier alpha value is -0.300. The second-order valence-corrected chi connectivity index (χ2v) is 13.3. The van der Waals surface area contributed by atoms with Crippen LogP contribution in [0.3, 0.4) is 0 Å². The van der Waals surface area contributed by atoms with Crippen LogP contribution in [-0.4, -0.2) is 11.2 Å². The van der Waals surface area contributed by atoms with E-state index in [0.29, 0.717) is 16.7 Å². The van der Waals surface area contributed by atoms with E-state index in [9.17, 15) is 5.11 Å². The molecule has 4 saturated carbocycles. The minimum atomic E-state index is -0.0511. The smallest absolute Gasteiger partial charge is 0.0568 e. The lowest BCUT2D eigenvalue weighted by molar-refractivity contribution is -0.148. The highest BCUT2D eigenvalue weighted by atomic mass is 16.3. The topological polar surface area (TPSA) is 20.2 Å². The lowest BCUT2D eigenvalue weighted by atomic mass is 9.43. The number of rotatable bonds is 5. The molecule has 4 fully saturated rings. The molecule has 0 radical (unpaired) electrons. The molecule has 4 aliphatic carbocycles. The molecule has 0 aromatic carbocycles. The van der Waals surface area contributed by atoms with Crippen molar-refractivity contribution in [3.05, 3.63) is 12.2 Å². The molecule has 1 unspecified atom stereocenters. The molecule has 4 aliphatic rings. The quantitative estimate of drug-likeness (QED) is 0.438. The predicted molar refractivity (Wildman–Crippen MR) is 133 cm³/mol. The Morgan fingerprint density at radius 2 is 1.48 bits per heavy atom. The van der Waals surface area contributed by atoms with E-state index in [2.05, 4.69) is 60.6 Å². The van der Waals surface area contributed by atoms with E-state index in [1.165, 1.54) is 51.4 Å². The normalized spacial score (nSPS) is 49.5. The summed E-state index contributed by atoms with van der Waals surface area (Å²) in [6, 6.07) is 0. The number of aliphatic hydroxyl groups is 1. The van der Waals surface area contributed by atoms with E-state index < -0.39 is 0 Å². The highest BCUT2D eigenvalue weighted by Gasteiger charge is 2.61. The molecule has 11 atom stereocenters. The van der Waals surface area contributed by atoms with Gasteiger partial charge in [0.05, 0.1) is 6.10 Å². The van der Waals surface area contributed by atoms with E-state index in [1.807, 2.05) is 0 Å². The van der Waals surface area contributed by atoms with E-state index in [0.717, 1.165) is 53.8 Å². The van der Waals surface area contributed by atoms with E-state index in [-0.39, 0.29) is 6.10 Å². The summed E-state index contributed by atoms with van der Waals surface area (Å²) in [5.74, 6) is 7.14. The summed E-state index contributed by atoms with van der Waals surface area (Å²) in [5, 5.41) is 10.5. The van der Waals surface area contributed by atoms with Gasteiger partial charge in [-0.2, -0.15) is 0 Å². The molecule has 0 amide bonds. The Balaban J connectivity index is 1.51. The monoisotopic (exact) mass is 428 g/mol. The van der Waals surface area contributed by atoms with Crippen LogP contribution in [0.2, 0.25) is 0 Å². The molecule has 1 N–H and O–H groups in total. The molecule has 0 bridgehead atoms. The van der Waals surface area contributed by atoms with Crippen LogP contribution in [0, 0.1) is 64.1 Å². The zero-order valence-electron chi connectivity index (χ0n) is 21.7. The molecule has 0 spiro atoms. The van der Waals surface area contributed by atoms with E-state index in [1.54, 1.807) is 0 Å². The number of hydrogen-bond donors (Lipinski definition) is 1. The summed E-state index contributed by atoms with van der Waals surface area (Å²) >= 11 is 0. The number of allylic oxidation sites excluding steroid dienone is 2. The van der Waals surface area contributed by atoms with Crippen molar-refractivity contribution in [1.82, 2.24) is 0 Å². The lowest BCUT2D eigenvalue weighted by Gasteiger charge is -2.62. The molecule has 0 heterocycles. The third kappa shape index (κ3) is 3.87. The van der Waals surface area contributed by atoms with Crippen LogP contribution < -0.4 is 0 Å². The summed E-state index contributed by atoms with van der Waals surface area (Å²) in [7, 11) is 0. The van der Waals surface area contributed by atoms with Crippen LogP contribution >= 0.6 is 0 Å². The molecule has 1 heteroatoms. The average Bonchev–Trinajstić information content (AvgIpc) is 3.08. The van der Waals surface area contributed by atoms with Crippen molar-refractivity contribution in [1.29, 1.82) is 0 Å². The molecular weight excluding hydrogens is 376 g/mol. The molecule has 0 aromatic rings. The molecule has 178 valence electrons. The van der Waals surface area contributed by atoms with Gasteiger partial charge < -0.3 is 5.11 Å². The molecule has 0 aromatic heterocycles. The van der Waals surface area contributed by atoms with Gasteiger partial charge in [-0.05, 0) is 122 Å². The van der Waals surface area contributed by atoms with Gasteiger partial charge in [-0.1, -0.05) is 60.6 Å². The van der Waals surface area contributed by atoms with Crippen LogP contribution in [0.25, 0.3) is 0 Å². The number of hydrogen-bond acceptors (Lipinski definition) is 1. The zero-order valence-corrected chi connectivity index (χ0v) is 21.7. The van der Waals surface area contributed by atoms with Gasteiger partial charge in [0.1, 0.15) is 0 Å². The maximum absolute atomic E-state index is 10.5. The minimum absolute atomic E-state index is 0.0511. The summed E-state index contributed by atoms with van der Waals surface area (Å²) < 4.78 is 0. The molecule has 31 heavy (non-hydrogen) atoms. The third-order valence-corrected chi connectivity index (χ3v) is 11.9. The van der Waals surface area contributed by atoms with Crippen molar-refractivity contribution in [2.45, 2.75) is 112 Å². The predicted octanol–water partition coefficient (Wildman–Crippen LogP) is 8.13. The Kier molecular flexibility index (Phi) is 6.78. The highest BCUT2D eigenvalue weighted by molar-refractivity contribution is 5.12. The first-order valence-electron chi connectivity index (χ1n) is 14.0. The Morgan fingerprint density at radius 3 is 2.16 bits per heavy atom. The fraction of sp³-hybridized carbons (Fsp3) is 0.933. The van der Waals surface area contributed by atoms with Crippen molar-refractivity contribution in [3.8, 4) is 0 Å². The average molecular weight is 429 g/mol. The number of fused-ring (bicyclic) bond motifs is 5. The molecule has 1 nitrogen and oxygen atoms in total. The summed E-state index contributed by atoms with van der Waals surface area (Å²) in [6.45, 7) is 17.3. The first-order chi connectivity index (χ1) is 14.6. The SMILES string of the molecule is CCC(/C=C/[C@@H](C)[C@H]1CC[C@H]2[C@@H]3CC[C@H]4[C@H](C)[C@@H](O)CC[C@]4(C)[C@H]3CC[C@]12C)C(C)C. The van der Waals surface area contributed by atoms with Crippen molar-refractivity contribution < 1.29 is 5.11 Å². The van der Waals surface area contributed by atoms with Crippen molar-refractivity contribution in [2.75, 3.05) is 0 Å². The largest absolute Gasteiger partial charge is 0.393 e. The van der Waals surface area contributed by atoms with Gasteiger partial charge in [-0.15, -0.1) is 0 Å². The Bertz CT molecular complexity index is 651. The van der Waals surface area contributed by atoms with Gasteiger partial charge in [0.25, 0.3) is 0 Å². The van der Waals surface area contributed by atoms with Crippen LogP contribution in [0.15, 0.2) is 12.2 Å². The fourth-order valence-corrected chi connectivity index (χ4v) is 9.90. The second-order valence-electron chi connectivity index (χ2n) is 13.3. The fourth-order valence-electron chi connectivity index (χ4n) is 9.90. The van der Waals surface area contributed by atoms with Crippen molar-refractivity contribution in [2.24, 2.45) is 64.1 Å². The van der Waals surface area contributed by atoms with Crippen LogP contribution in [0.1, 0.15) is 106 Å². The third-order valence-electron chi connectivity index (χ3n) is 11.9. The Labute approximate surface area is 193 Å². The molecular formula is C30H52O. The first-order valence-corrected chi connectivity index (χ1v) is 14.0. The van der Waals surface area contributed by atoms with Crippen LogP contribution in [0.5, 0.6) is 0 Å². The standard InChI is InChI=1S/C30H52O/c1-8-22(19(2)3)10-9-20(4)24-13-14-26-23-11-12-25-21(5)28(31)16-18-30(25,7)27(23)15-17-29(24,26)6/h9-10,19-28,31H,8,11-18H2,1-7H3/b10-9+/t20-,21+,22?,23+,24-,25+,26+,27+,28+,29-,30+/m1/s1. The summed E-state index contributed by atoms with van der Waals surface area (Å²) in [6.07, 6.45) is 17.3. The zero-order chi connectivity index (χ0) is 22.6. The van der Waals surface area contributed by atoms with Gasteiger partial charge in [-0.25, -0.2) is 0 Å². The maximum atomic E-state index is 10.5.